The van der Waals surface area contributed by atoms with Gasteiger partial charge in [0, 0.05) is 32.5 Å². The molecule has 218 valence electrons. The van der Waals surface area contributed by atoms with E-state index in [0.717, 1.165) is 60.4 Å². The molecule has 0 unspecified atom stereocenters. The average molecular weight is 598 g/mol. The van der Waals surface area contributed by atoms with Gasteiger partial charge in [0.15, 0.2) is 0 Å². The Hall–Kier alpha value is -6.25. The Morgan fingerprint density at radius 2 is 1.06 bits per heavy atom. The van der Waals surface area contributed by atoms with E-state index in [9.17, 15) is 0 Å². The van der Waals surface area contributed by atoms with Crippen LogP contribution in [0.15, 0.2) is 168 Å². The molecule has 0 atom stereocenters. The Labute approximate surface area is 271 Å². The van der Waals surface area contributed by atoms with E-state index < -0.39 is 0 Å². The van der Waals surface area contributed by atoms with Crippen LogP contribution in [-0.4, -0.2) is 4.98 Å². The first-order valence-corrected chi connectivity index (χ1v) is 16.0. The standard InChI is InChI=1S/C45H27NO/c1-2-11-28(12-3-1)44-38-23-22-36-40-26-30(21-24-42(40)47-45(36)43(38)37-19-8-9-20-41(37)46-44)29-14-10-15-31(25-29)39-27-32-13-4-5-16-33(32)34-17-6-7-18-35(34)39/h1-27H. The Bertz CT molecular complexity index is 2840. The number of hydrogen-bond acceptors (Lipinski definition) is 2. The third-order valence-electron chi connectivity index (χ3n) is 9.62. The summed E-state index contributed by atoms with van der Waals surface area (Å²) in [7, 11) is 0. The highest BCUT2D eigenvalue weighted by Gasteiger charge is 2.18. The molecule has 2 nitrogen and oxygen atoms in total. The van der Waals surface area contributed by atoms with Crippen LogP contribution in [0, 0.1) is 0 Å². The zero-order valence-electron chi connectivity index (χ0n) is 25.4. The molecular weight excluding hydrogens is 571 g/mol. The van der Waals surface area contributed by atoms with Crippen LogP contribution in [0.1, 0.15) is 0 Å². The van der Waals surface area contributed by atoms with Gasteiger partial charge >= 0.3 is 0 Å². The molecule has 2 heterocycles. The Morgan fingerprint density at radius 1 is 0.383 bits per heavy atom. The number of fused-ring (bicyclic) bond motifs is 10. The van der Waals surface area contributed by atoms with E-state index in [1.165, 1.54) is 38.2 Å². The fourth-order valence-electron chi connectivity index (χ4n) is 7.42. The lowest BCUT2D eigenvalue weighted by molar-refractivity contribution is 0.673. The fourth-order valence-corrected chi connectivity index (χ4v) is 7.42. The van der Waals surface area contributed by atoms with Crippen LogP contribution in [0.2, 0.25) is 0 Å². The van der Waals surface area contributed by atoms with Crippen molar-refractivity contribution in [1.82, 2.24) is 4.98 Å². The molecule has 0 amide bonds. The number of benzene rings is 8. The maximum Gasteiger partial charge on any atom is 0.144 e. The smallest absolute Gasteiger partial charge is 0.144 e. The lowest BCUT2D eigenvalue weighted by Gasteiger charge is -2.12. The van der Waals surface area contributed by atoms with Crippen molar-refractivity contribution in [1.29, 1.82) is 0 Å². The van der Waals surface area contributed by atoms with E-state index in [1.807, 2.05) is 6.07 Å². The molecule has 2 heteroatoms. The summed E-state index contributed by atoms with van der Waals surface area (Å²) in [6.07, 6.45) is 0. The van der Waals surface area contributed by atoms with Crippen LogP contribution in [-0.2, 0) is 0 Å². The monoisotopic (exact) mass is 597 g/mol. The maximum absolute atomic E-state index is 6.71. The fraction of sp³-hybridized carbons (Fsp3) is 0. The molecule has 0 aliphatic rings. The third-order valence-corrected chi connectivity index (χ3v) is 9.62. The van der Waals surface area contributed by atoms with Crippen molar-refractivity contribution in [2.24, 2.45) is 0 Å². The number of furan rings is 1. The molecule has 0 N–H and O–H groups in total. The second-order valence-corrected chi connectivity index (χ2v) is 12.3. The molecule has 0 saturated heterocycles. The Morgan fingerprint density at radius 3 is 1.96 bits per heavy atom. The molecule has 47 heavy (non-hydrogen) atoms. The SMILES string of the molecule is c1ccc(-c2nc3ccccc3c3c2ccc2c4cc(-c5cccc(-c6cc7ccccc7c7ccccc67)c5)ccc4oc23)cc1. The summed E-state index contributed by atoms with van der Waals surface area (Å²) in [6, 6.07) is 58.4. The number of rotatable bonds is 3. The third kappa shape index (κ3) is 4.02. The topological polar surface area (TPSA) is 26.0 Å². The molecule has 0 aliphatic heterocycles. The minimum atomic E-state index is 0.884. The summed E-state index contributed by atoms with van der Waals surface area (Å²) in [5.74, 6) is 0. The van der Waals surface area contributed by atoms with Gasteiger partial charge in [-0.05, 0) is 80.2 Å². The first-order chi connectivity index (χ1) is 23.3. The van der Waals surface area contributed by atoms with Gasteiger partial charge in [0.25, 0.3) is 0 Å². The number of nitrogens with zero attached hydrogens (tertiary/aromatic N) is 1. The highest BCUT2D eigenvalue weighted by atomic mass is 16.3. The van der Waals surface area contributed by atoms with E-state index >= 15 is 0 Å². The lowest BCUT2D eigenvalue weighted by Crippen LogP contribution is -1.89. The molecule has 8 aromatic carbocycles. The van der Waals surface area contributed by atoms with Gasteiger partial charge in [0.2, 0.25) is 0 Å². The van der Waals surface area contributed by atoms with E-state index in [-0.39, 0.29) is 0 Å². The summed E-state index contributed by atoms with van der Waals surface area (Å²) in [5, 5.41) is 10.6. The van der Waals surface area contributed by atoms with Crippen molar-refractivity contribution in [3.63, 3.8) is 0 Å². The summed E-state index contributed by atoms with van der Waals surface area (Å²) in [4.78, 5) is 5.12. The van der Waals surface area contributed by atoms with Crippen LogP contribution in [0.5, 0.6) is 0 Å². The Kier molecular flexibility index (Phi) is 5.61. The summed E-state index contributed by atoms with van der Waals surface area (Å²) in [5.41, 5.74) is 9.62. The molecule has 0 bridgehead atoms. The van der Waals surface area contributed by atoms with Gasteiger partial charge < -0.3 is 4.42 Å². The molecule has 10 rings (SSSR count). The Balaban J connectivity index is 1.17. The van der Waals surface area contributed by atoms with E-state index in [1.54, 1.807) is 0 Å². The van der Waals surface area contributed by atoms with Crippen molar-refractivity contribution in [2.45, 2.75) is 0 Å². The van der Waals surface area contributed by atoms with E-state index in [0.29, 0.717) is 0 Å². The number of hydrogen-bond donors (Lipinski definition) is 0. The van der Waals surface area contributed by atoms with Crippen LogP contribution in [0.25, 0.3) is 98.7 Å². The van der Waals surface area contributed by atoms with E-state index in [4.69, 9.17) is 9.40 Å². The highest BCUT2D eigenvalue weighted by Crippen LogP contribution is 2.42. The van der Waals surface area contributed by atoms with Crippen molar-refractivity contribution in [3.8, 4) is 33.5 Å². The summed E-state index contributed by atoms with van der Waals surface area (Å²) in [6.45, 7) is 0. The predicted molar refractivity (Wildman–Crippen MR) is 198 cm³/mol. The van der Waals surface area contributed by atoms with Gasteiger partial charge in [-0.3, -0.25) is 0 Å². The van der Waals surface area contributed by atoms with Crippen molar-refractivity contribution < 1.29 is 4.42 Å². The minimum absolute atomic E-state index is 0.884. The van der Waals surface area contributed by atoms with Crippen LogP contribution in [0.3, 0.4) is 0 Å². The quantitative estimate of drug-likeness (QED) is 0.189. The molecule has 0 radical (unpaired) electrons. The zero-order chi connectivity index (χ0) is 30.9. The van der Waals surface area contributed by atoms with E-state index in [2.05, 4.69) is 158 Å². The average Bonchev–Trinajstić information content (AvgIpc) is 3.53. The first-order valence-electron chi connectivity index (χ1n) is 16.0. The molecular formula is C45H27NO. The molecule has 10 aromatic rings. The molecule has 0 spiro atoms. The molecule has 0 saturated carbocycles. The van der Waals surface area contributed by atoms with Crippen molar-refractivity contribution in [2.75, 3.05) is 0 Å². The second-order valence-electron chi connectivity index (χ2n) is 12.3. The number of pyridine rings is 1. The first kappa shape index (κ1) is 26.0. The zero-order valence-corrected chi connectivity index (χ0v) is 25.4. The van der Waals surface area contributed by atoms with Gasteiger partial charge in [-0.1, -0.05) is 127 Å². The van der Waals surface area contributed by atoms with Crippen molar-refractivity contribution in [3.05, 3.63) is 164 Å². The van der Waals surface area contributed by atoms with Crippen LogP contribution < -0.4 is 0 Å². The van der Waals surface area contributed by atoms with Gasteiger partial charge in [0.05, 0.1) is 11.2 Å². The molecule has 2 aromatic heterocycles. The number of para-hydroxylation sites is 1. The largest absolute Gasteiger partial charge is 0.455 e. The van der Waals surface area contributed by atoms with Gasteiger partial charge in [-0.25, -0.2) is 4.98 Å². The van der Waals surface area contributed by atoms with Crippen molar-refractivity contribution >= 4 is 65.2 Å². The highest BCUT2D eigenvalue weighted by molar-refractivity contribution is 6.25. The van der Waals surface area contributed by atoms with Gasteiger partial charge in [-0.2, -0.15) is 0 Å². The minimum Gasteiger partial charge on any atom is -0.455 e. The maximum atomic E-state index is 6.71. The van der Waals surface area contributed by atoms with Crippen LogP contribution >= 0.6 is 0 Å². The predicted octanol–water partition coefficient (Wildman–Crippen LogP) is 12.6. The van der Waals surface area contributed by atoms with Gasteiger partial charge in [-0.15, -0.1) is 0 Å². The van der Waals surface area contributed by atoms with Crippen LogP contribution in [0.4, 0.5) is 0 Å². The lowest BCUT2D eigenvalue weighted by atomic mass is 9.91. The summed E-state index contributed by atoms with van der Waals surface area (Å²) < 4.78 is 6.71. The molecule has 0 fully saturated rings. The molecule has 0 aliphatic carbocycles. The second kappa shape index (κ2) is 10.1. The van der Waals surface area contributed by atoms with Gasteiger partial charge in [0.1, 0.15) is 11.2 Å². The summed E-state index contributed by atoms with van der Waals surface area (Å²) >= 11 is 0. The normalized spacial score (nSPS) is 11.8. The number of aromatic nitrogens is 1.